The van der Waals surface area contributed by atoms with Crippen LogP contribution < -0.4 is 15.6 Å². The molecule has 0 aromatic heterocycles. The van der Waals surface area contributed by atoms with Crippen molar-refractivity contribution < 1.29 is 18.4 Å². The molecule has 0 radical (unpaired) electrons. The van der Waals surface area contributed by atoms with Gasteiger partial charge in [-0.3, -0.25) is 0 Å². The van der Waals surface area contributed by atoms with E-state index in [2.05, 4.69) is 255 Å². The predicted octanol–water partition coefficient (Wildman–Crippen LogP) is 14.4. The summed E-state index contributed by atoms with van der Waals surface area (Å²) in [6, 6.07) is 90.2. The molecule has 1 aliphatic rings. The van der Waals surface area contributed by atoms with E-state index < -0.39 is 24.3 Å². The van der Waals surface area contributed by atoms with Gasteiger partial charge in [-0.15, -0.1) is 37.2 Å². The van der Waals surface area contributed by atoms with Crippen LogP contribution in [0.4, 0.5) is 0 Å². The Bertz CT molecular complexity index is 2610. The summed E-state index contributed by atoms with van der Waals surface area (Å²) in [5.74, 6) is -2.86. The van der Waals surface area contributed by atoms with Gasteiger partial charge in [0.1, 0.15) is 0 Å². The van der Waals surface area contributed by atoms with E-state index in [1.54, 1.807) is 19.4 Å². The van der Waals surface area contributed by atoms with Crippen molar-refractivity contribution in [3.05, 3.63) is 325 Å². The molecular weight excluding hydrogens is 963 g/mol. The Hall–Kier alpha value is -5.74. The molecule has 0 nitrogen and oxygen atoms in total. The maximum atomic E-state index is 2.67. The van der Waals surface area contributed by atoms with E-state index in [1.807, 2.05) is 0 Å². The van der Waals surface area contributed by atoms with Gasteiger partial charge in [-0.25, -0.2) is 0 Å². The first kappa shape index (κ1) is 52.1. The second kappa shape index (κ2) is 25.4. The van der Waals surface area contributed by atoms with Crippen LogP contribution in [0.5, 0.6) is 0 Å². The SMILES string of the molecule is C1=CC[C]([Ti][Si](c2cc(Cc3ccccc3)cc(Cc3ccccc3)c2)(c2cc(Cc3ccccc3)cc(Cc3ccccc3)c2)c2cc(Cc3ccccc3)cc(Cc3ccccc3)c2)=C1.Cl.Cl.Cl. The molecule has 0 spiro atoms. The summed E-state index contributed by atoms with van der Waals surface area (Å²) in [5.41, 5.74) is 16.5. The molecule has 0 amide bonds. The molecule has 9 aromatic carbocycles. The van der Waals surface area contributed by atoms with Crippen molar-refractivity contribution in [3.63, 3.8) is 0 Å². The van der Waals surface area contributed by atoms with Crippen molar-refractivity contribution >= 4 is 58.7 Å². The number of hydrogen-bond donors (Lipinski definition) is 0. The van der Waals surface area contributed by atoms with Crippen molar-refractivity contribution in [1.29, 1.82) is 0 Å². The van der Waals surface area contributed by atoms with Crippen molar-refractivity contribution in [3.8, 4) is 0 Å². The smallest absolute Gasteiger partial charge is 0.147 e. The Balaban J connectivity index is 0.00000241. The minimum absolute atomic E-state index is 0. The van der Waals surface area contributed by atoms with E-state index in [9.17, 15) is 0 Å². The average molecular weight is 1020 g/mol. The molecule has 348 valence electrons. The molecule has 0 fully saturated rings. The molecule has 0 heterocycles. The first-order valence-corrected chi connectivity index (χ1v) is 29.0. The van der Waals surface area contributed by atoms with Crippen LogP contribution in [0.2, 0.25) is 0 Å². The van der Waals surface area contributed by atoms with E-state index in [0.29, 0.717) is 0 Å². The molecule has 5 heteroatoms. The largest absolute Gasteiger partial charge is 0.147 e. The summed E-state index contributed by atoms with van der Waals surface area (Å²) in [4.78, 5) is 0. The molecule has 0 N–H and O–H groups in total. The fourth-order valence-electron chi connectivity index (χ4n) is 10.0. The second-order valence-corrected chi connectivity index (χ2v) is 27.5. The first-order chi connectivity index (χ1) is 33.1. The van der Waals surface area contributed by atoms with Gasteiger partial charge in [0.2, 0.25) is 0 Å². The number of hydrogen-bond acceptors (Lipinski definition) is 0. The van der Waals surface area contributed by atoms with Gasteiger partial charge < -0.3 is 0 Å². The van der Waals surface area contributed by atoms with Crippen molar-refractivity contribution in [1.82, 2.24) is 0 Å². The van der Waals surface area contributed by atoms with Gasteiger partial charge in [-0.1, -0.05) is 0 Å². The molecule has 70 heavy (non-hydrogen) atoms. The molecule has 0 saturated heterocycles. The van der Waals surface area contributed by atoms with Crippen LogP contribution in [0.3, 0.4) is 0 Å². The van der Waals surface area contributed by atoms with Gasteiger partial charge >= 0.3 is 410 Å². The normalized spacial score (nSPS) is 11.7. The Labute approximate surface area is 444 Å². The van der Waals surface area contributed by atoms with Gasteiger partial charge in [0.15, 0.2) is 0 Å². The number of rotatable bonds is 17. The van der Waals surface area contributed by atoms with E-state index in [0.717, 1.165) is 44.9 Å². The molecule has 9 aromatic rings. The number of allylic oxidation sites excluding steroid dienone is 4. The first-order valence-electron chi connectivity index (χ1n) is 23.9. The number of halogens is 3. The predicted molar refractivity (Wildman–Crippen MR) is 303 cm³/mol. The molecule has 10 rings (SSSR count). The van der Waals surface area contributed by atoms with Gasteiger partial charge in [0.25, 0.3) is 0 Å². The van der Waals surface area contributed by atoms with E-state index >= 15 is 0 Å². The summed E-state index contributed by atoms with van der Waals surface area (Å²) in [6.45, 7) is 0. The minimum atomic E-state index is -2.86. The third kappa shape index (κ3) is 13.4. The molecule has 0 unspecified atom stereocenters. The van der Waals surface area contributed by atoms with Gasteiger partial charge in [-0.2, -0.15) is 0 Å². The minimum Gasteiger partial charge on any atom is -0.147 e. The molecule has 0 aliphatic heterocycles. The zero-order valence-corrected chi connectivity index (χ0v) is 44.4. The fraction of sp³-hybridized carbons (Fsp3) is 0.108. The Morgan fingerprint density at radius 3 is 0.714 bits per heavy atom. The quantitative estimate of drug-likeness (QED) is 0.0630. The average Bonchev–Trinajstić information content (AvgIpc) is 3.88. The van der Waals surface area contributed by atoms with E-state index in [1.165, 1.54) is 66.8 Å². The zero-order valence-electron chi connectivity index (χ0n) is 39.4. The zero-order chi connectivity index (χ0) is 45.1. The van der Waals surface area contributed by atoms with Crippen molar-refractivity contribution in [2.75, 3.05) is 0 Å². The standard InChI is InChI=1S/C60H51Si.C5H5.3ClH.Ti/c1-7-19-46(20-8-1)31-52-37-53(32-47-21-9-2-10-22-47)41-58(40-52)61(59-42-54(33-48-23-11-3-12-24-48)38-55(43-59)34-49-25-13-4-14-26-49)60-44-56(35-50-27-15-5-16-28-50)39-57(45-60)36-51-29-17-6-18-30-51;1-2-4-5-3-1;;;;/h1-30,37-45H,31-36H2;1-3H,4H2;3*1H;. The summed E-state index contributed by atoms with van der Waals surface area (Å²) in [5, 5.41) is 4.64. The number of benzene rings is 9. The van der Waals surface area contributed by atoms with Crippen LogP contribution in [0, 0.1) is 0 Å². The third-order valence-electron chi connectivity index (χ3n) is 13.1. The summed E-state index contributed by atoms with van der Waals surface area (Å²) in [7, 11) is 0. The molecule has 0 saturated carbocycles. The molecule has 1 aliphatic carbocycles. The van der Waals surface area contributed by atoms with Crippen LogP contribution in [-0.4, -0.2) is 5.94 Å². The van der Waals surface area contributed by atoms with Gasteiger partial charge in [-0.05, 0) is 0 Å². The van der Waals surface area contributed by atoms with Crippen LogP contribution in [0.25, 0.3) is 0 Å². The Morgan fingerprint density at radius 1 is 0.286 bits per heavy atom. The molecular formula is C65H59Cl3SiTi. The maximum absolute atomic E-state index is 2.86. The Kier molecular flexibility index (Phi) is 18.9. The van der Waals surface area contributed by atoms with E-state index in [4.69, 9.17) is 0 Å². The van der Waals surface area contributed by atoms with Crippen LogP contribution >= 0.6 is 37.2 Å². The summed E-state index contributed by atoms with van der Waals surface area (Å²) < 4.78 is 1.64. The van der Waals surface area contributed by atoms with Crippen LogP contribution in [-0.2, 0) is 56.9 Å². The van der Waals surface area contributed by atoms with Gasteiger partial charge in [0, 0.05) is 0 Å². The monoisotopic (exact) mass is 1020 g/mol. The van der Waals surface area contributed by atoms with Crippen LogP contribution in [0.1, 0.15) is 73.2 Å². The maximum Gasteiger partial charge on any atom is -0.147 e. The van der Waals surface area contributed by atoms with Gasteiger partial charge in [0.05, 0.1) is 0 Å². The Morgan fingerprint density at radius 2 is 0.514 bits per heavy atom. The molecule has 0 bridgehead atoms. The summed E-state index contributed by atoms with van der Waals surface area (Å²) in [6.07, 6.45) is 13.6. The van der Waals surface area contributed by atoms with Crippen LogP contribution in [0.15, 0.2) is 259 Å². The third-order valence-corrected chi connectivity index (χ3v) is 25.1. The topological polar surface area (TPSA) is 0 Å². The summed E-state index contributed by atoms with van der Waals surface area (Å²) >= 11 is -0.783. The van der Waals surface area contributed by atoms with E-state index in [-0.39, 0.29) is 37.2 Å². The van der Waals surface area contributed by atoms with Crippen molar-refractivity contribution in [2.24, 2.45) is 0 Å². The van der Waals surface area contributed by atoms with Crippen molar-refractivity contribution in [2.45, 2.75) is 44.9 Å². The second-order valence-electron chi connectivity index (χ2n) is 18.3. The fourth-order valence-corrected chi connectivity index (χ4v) is 22.1. The molecule has 0 atom stereocenters.